The van der Waals surface area contributed by atoms with Gasteiger partial charge in [-0.15, -0.1) is 0 Å². The van der Waals surface area contributed by atoms with Crippen molar-refractivity contribution in [2.24, 2.45) is 0 Å². The minimum Gasteiger partial charge on any atom is -0.377 e. The van der Waals surface area contributed by atoms with Gasteiger partial charge in [-0.05, 0) is 31.5 Å². The van der Waals surface area contributed by atoms with E-state index in [2.05, 4.69) is 42.2 Å². The van der Waals surface area contributed by atoms with Crippen molar-refractivity contribution < 1.29 is 13.3 Å². The number of benzene rings is 1. The molecule has 0 aliphatic carbocycles. The van der Waals surface area contributed by atoms with E-state index in [9.17, 15) is 0 Å². The van der Waals surface area contributed by atoms with Gasteiger partial charge in [-0.3, -0.25) is 4.90 Å². The first-order valence-electron chi connectivity index (χ1n) is 15.6. The Morgan fingerprint density at radius 1 is 0.541 bits per heavy atom. The fraction of sp³-hybridized carbons (Fsp3) is 0.812. The molecule has 0 fully saturated rings. The topological polar surface area (TPSA) is 30.9 Å². The van der Waals surface area contributed by atoms with Gasteiger partial charge in [0.2, 0.25) is 0 Å². The van der Waals surface area contributed by atoms with Crippen molar-refractivity contribution in [3.8, 4) is 0 Å². The van der Waals surface area contributed by atoms with Crippen molar-refractivity contribution in [1.82, 2.24) is 4.90 Å². The highest BCUT2D eigenvalue weighted by molar-refractivity contribution is 6.60. The predicted molar refractivity (Wildman–Crippen MR) is 162 cm³/mol. The van der Waals surface area contributed by atoms with E-state index in [0.717, 1.165) is 32.1 Å². The molecule has 0 saturated heterocycles. The zero-order valence-corrected chi connectivity index (χ0v) is 26.1. The lowest BCUT2D eigenvalue weighted by Gasteiger charge is -2.27. The second-order valence-electron chi connectivity index (χ2n) is 10.8. The molecule has 37 heavy (non-hydrogen) atoms. The van der Waals surface area contributed by atoms with Gasteiger partial charge in [-0.1, -0.05) is 140 Å². The van der Waals surface area contributed by atoms with E-state index in [0.29, 0.717) is 0 Å². The van der Waals surface area contributed by atoms with Crippen molar-refractivity contribution in [3.63, 3.8) is 0 Å². The summed E-state index contributed by atoms with van der Waals surface area (Å²) in [5.74, 6) is 0. The molecular formula is C32H61NO3Si. The van der Waals surface area contributed by atoms with Crippen molar-refractivity contribution >= 4 is 8.80 Å². The molecule has 1 aromatic carbocycles. The Bertz CT molecular complexity index is 589. The van der Waals surface area contributed by atoms with Crippen molar-refractivity contribution in [1.29, 1.82) is 0 Å². The molecule has 0 heterocycles. The first-order valence-corrected chi connectivity index (χ1v) is 17.5. The van der Waals surface area contributed by atoms with E-state index in [1.54, 1.807) is 21.3 Å². The standard InChI is InChI=1S/C32H61NO3Si/c1-5-6-7-8-9-10-11-12-13-14-15-16-17-18-19-20-24-28-33(31-32-26-22-21-23-27-32)29-25-30-37(34-2,35-3)36-4/h21-23,26-27H,5-20,24-25,28-31H2,1-4H3. The molecule has 0 spiro atoms. The van der Waals surface area contributed by atoms with Crippen LogP contribution in [0.25, 0.3) is 0 Å². The molecule has 0 aliphatic heterocycles. The first-order chi connectivity index (χ1) is 18.2. The number of unbranched alkanes of at least 4 members (excludes halogenated alkanes) is 16. The van der Waals surface area contributed by atoms with E-state index < -0.39 is 8.80 Å². The van der Waals surface area contributed by atoms with Crippen LogP contribution in [0.2, 0.25) is 6.04 Å². The van der Waals surface area contributed by atoms with Crippen LogP contribution in [-0.2, 0) is 19.8 Å². The average Bonchev–Trinajstić information content (AvgIpc) is 2.93. The summed E-state index contributed by atoms with van der Waals surface area (Å²) in [6.45, 7) is 5.53. The van der Waals surface area contributed by atoms with Crippen molar-refractivity contribution in [3.05, 3.63) is 35.9 Å². The summed E-state index contributed by atoms with van der Waals surface area (Å²) in [5, 5.41) is 0. The smallest absolute Gasteiger partial charge is 0.377 e. The molecular weight excluding hydrogens is 474 g/mol. The Morgan fingerprint density at radius 3 is 1.38 bits per heavy atom. The lowest BCUT2D eigenvalue weighted by molar-refractivity contribution is 0.121. The van der Waals surface area contributed by atoms with E-state index in [1.807, 2.05) is 0 Å². The predicted octanol–water partition coefficient (Wildman–Crippen LogP) is 9.41. The molecule has 4 nitrogen and oxygen atoms in total. The Hall–Kier alpha value is -0.723. The van der Waals surface area contributed by atoms with E-state index in [-0.39, 0.29) is 0 Å². The monoisotopic (exact) mass is 535 g/mol. The summed E-state index contributed by atoms with van der Waals surface area (Å²) in [4.78, 5) is 2.60. The molecule has 0 amide bonds. The van der Waals surface area contributed by atoms with Crippen LogP contribution in [0.5, 0.6) is 0 Å². The fourth-order valence-corrected chi connectivity index (χ4v) is 6.95. The van der Waals surface area contributed by atoms with Crippen LogP contribution < -0.4 is 0 Å². The van der Waals surface area contributed by atoms with E-state index in [4.69, 9.17) is 13.3 Å². The average molecular weight is 536 g/mol. The molecule has 0 unspecified atom stereocenters. The summed E-state index contributed by atoms with van der Waals surface area (Å²) < 4.78 is 16.8. The molecule has 0 saturated carbocycles. The quantitative estimate of drug-likeness (QED) is 0.0829. The Labute approximate surface area is 232 Å². The van der Waals surface area contributed by atoms with Crippen LogP contribution in [0.3, 0.4) is 0 Å². The molecule has 1 aromatic rings. The maximum Gasteiger partial charge on any atom is 0.500 e. The maximum atomic E-state index is 5.61. The molecule has 0 aliphatic rings. The molecule has 0 aromatic heterocycles. The van der Waals surface area contributed by atoms with Gasteiger partial charge in [0.05, 0.1) is 0 Å². The van der Waals surface area contributed by atoms with Gasteiger partial charge in [0.1, 0.15) is 0 Å². The lowest BCUT2D eigenvalue weighted by Crippen LogP contribution is -2.43. The summed E-state index contributed by atoms with van der Waals surface area (Å²) in [5.41, 5.74) is 1.39. The Morgan fingerprint density at radius 2 is 0.946 bits per heavy atom. The fourth-order valence-electron chi connectivity index (χ4n) is 5.25. The summed E-state index contributed by atoms with van der Waals surface area (Å²) in [6, 6.07) is 11.7. The lowest BCUT2D eigenvalue weighted by atomic mass is 10.0. The van der Waals surface area contributed by atoms with Gasteiger partial charge in [-0.25, -0.2) is 0 Å². The first kappa shape index (κ1) is 34.3. The largest absolute Gasteiger partial charge is 0.500 e. The zero-order chi connectivity index (χ0) is 26.9. The van der Waals surface area contributed by atoms with Gasteiger partial charge in [0.15, 0.2) is 0 Å². The van der Waals surface area contributed by atoms with Gasteiger partial charge < -0.3 is 13.3 Å². The van der Waals surface area contributed by atoms with Crippen LogP contribution >= 0.6 is 0 Å². The number of hydrogen-bond donors (Lipinski definition) is 0. The third kappa shape index (κ3) is 18.2. The van der Waals surface area contributed by atoms with Crippen LogP contribution in [-0.4, -0.2) is 48.1 Å². The minimum atomic E-state index is -2.48. The summed E-state index contributed by atoms with van der Waals surface area (Å²) in [6.07, 6.45) is 25.2. The van der Waals surface area contributed by atoms with Gasteiger partial charge in [0, 0.05) is 33.9 Å². The third-order valence-corrected chi connectivity index (χ3v) is 10.5. The number of rotatable bonds is 27. The summed E-state index contributed by atoms with van der Waals surface area (Å²) in [7, 11) is 2.64. The van der Waals surface area contributed by atoms with Gasteiger partial charge in [-0.2, -0.15) is 0 Å². The minimum absolute atomic E-state index is 0.862. The second-order valence-corrected chi connectivity index (χ2v) is 13.9. The molecule has 0 N–H and O–H groups in total. The van der Waals surface area contributed by atoms with E-state index >= 15 is 0 Å². The van der Waals surface area contributed by atoms with Crippen LogP contribution in [0.15, 0.2) is 30.3 Å². The molecule has 0 radical (unpaired) electrons. The normalized spacial score (nSPS) is 12.0. The van der Waals surface area contributed by atoms with Gasteiger partial charge >= 0.3 is 8.80 Å². The van der Waals surface area contributed by atoms with Crippen LogP contribution in [0, 0.1) is 0 Å². The molecule has 0 atom stereocenters. The highest BCUT2D eigenvalue weighted by atomic mass is 28.4. The van der Waals surface area contributed by atoms with Crippen LogP contribution in [0.1, 0.15) is 128 Å². The Balaban J connectivity index is 2.10. The molecule has 216 valence electrons. The van der Waals surface area contributed by atoms with Crippen molar-refractivity contribution in [2.75, 3.05) is 34.4 Å². The number of nitrogens with zero attached hydrogens (tertiary/aromatic N) is 1. The highest BCUT2D eigenvalue weighted by Gasteiger charge is 2.37. The Kier molecular flexibility index (Phi) is 22.6. The molecule has 1 rings (SSSR count). The maximum absolute atomic E-state index is 5.61. The number of hydrogen-bond acceptors (Lipinski definition) is 4. The third-order valence-electron chi connectivity index (χ3n) is 7.72. The molecule has 0 bridgehead atoms. The molecule has 5 heteroatoms. The van der Waals surface area contributed by atoms with Crippen LogP contribution in [0.4, 0.5) is 0 Å². The highest BCUT2D eigenvalue weighted by Crippen LogP contribution is 2.18. The van der Waals surface area contributed by atoms with E-state index in [1.165, 1.54) is 115 Å². The SMILES string of the molecule is CCCCCCCCCCCCCCCCCCCN(CCC[Si](OC)(OC)OC)Cc1ccccc1. The van der Waals surface area contributed by atoms with Gasteiger partial charge in [0.25, 0.3) is 0 Å². The zero-order valence-electron chi connectivity index (χ0n) is 25.1. The van der Waals surface area contributed by atoms with Crippen molar-refractivity contribution in [2.45, 2.75) is 135 Å². The second kappa shape index (κ2) is 24.3. The summed E-state index contributed by atoms with van der Waals surface area (Å²) >= 11 is 0.